The number of nitrogens with one attached hydrogen (secondary N) is 2. The Bertz CT molecular complexity index is 287. The van der Waals surface area contributed by atoms with Crippen molar-refractivity contribution < 1.29 is 4.79 Å². The molecule has 0 saturated carbocycles. The molecule has 0 radical (unpaired) electrons. The molecule has 3 nitrogen and oxygen atoms in total. The Morgan fingerprint density at radius 1 is 0.692 bits per heavy atom. The Hall–Kier alpha value is -0.220. The first-order chi connectivity index (χ1) is 12.8. The normalized spacial score (nSPS) is 11.0. The van der Waals surface area contributed by atoms with Gasteiger partial charge in [0.15, 0.2) is 0 Å². The fourth-order valence-corrected chi connectivity index (χ4v) is 3.95. The number of unbranched alkanes of at least 4 members (excludes halogenated alkanes) is 13. The van der Waals surface area contributed by atoms with Crippen molar-refractivity contribution in [3.63, 3.8) is 0 Å². The molecule has 0 fully saturated rings. The first-order valence-corrected chi connectivity index (χ1v) is 12.5. The SMILES string of the molecule is CCCCCCCCCCCCCCCCSCCNC(=O)CCNC. The van der Waals surface area contributed by atoms with E-state index in [2.05, 4.69) is 17.6 Å². The van der Waals surface area contributed by atoms with Crippen LogP contribution in [0.4, 0.5) is 0 Å². The highest BCUT2D eigenvalue weighted by Gasteiger charge is 1.99. The van der Waals surface area contributed by atoms with Gasteiger partial charge in [0.2, 0.25) is 5.91 Å². The number of rotatable bonds is 21. The fraction of sp³-hybridized carbons (Fsp3) is 0.955. The second-order valence-corrected chi connectivity index (χ2v) is 8.64. The minimum atomic E-state index is 0.163. The summed E-state index contributed by atoms with van der Waals surface area (Å²) >= 11 is 1.97. The van der Waals surface area contributed by atoms with E-state index in [4.69, 9.17) is 0 Å². The third-order valence-corrected chi connectivity index (χ3v) is 5.88. The summed E-state index contributed by atoms with van der Waals surface area (Å²) < 4.78 is 0. The predicted octanol–water partition coefficient (Wildman–Crippen LogP) is 5.93. The molecule has 0 aromatic heterocycles. The molecular weight excluding hydrogens is 340 g/mol. The summed E-state index contributed by atoms with van der Waals surface area (Å²) in [6.45, 7) is 3.86. The van der Waals surface area contributed by atoms with Crippen molar-refractivity contribution >= 4 is 17.7 Å². The predicted molar refractivity (Wildman–Crippen MR) is 119 cm³/mol. The molecule has 1 amide bonds. The van der Waals surface area contributed by atoms with Gasteiger partial charge in [-0.25, -0.2) is 0 Å². The number of hydrogen-bond donors (Lipinski definition) is 2. The Balaban J connectivity index is 3.04. The lowest BCUT2D eigenvalue weighted by atomic mass is 10.0. The topological polar surface area (TPSA) is 41.1 Å². The van der Waals surface area contributed by atoms with Crippen LogP contribution in [-0.2, 0) is 4.79 Å². The van der Waals surface area contributed by atoms with Gasteiger partial charge >= 0.3 is 0 Å². The molecular formula is C22H46N2OS. The van der Waals surface area contributed by atoms with E-state index in [1.165, 1.54) is 95.6 Å². The molecule has 0 unspecified atom stereocenters. The Kier molecular flexibility index (Phi) is 22.6. The summed E-state index contributed by atoms with van der Waals surface area (Å²) in [6.07, 6.45) is 20.5. The van der Waals surface area contributed by atoms with E-state index in [0.29, 0.717) is 6.42 Å². The van der Waals surface area contributed by atoms with Crippen LogP contribution in [-0.4, -0.2) is 37.6 Å². The Labute approximate surface area is 168 Å². The molecule has 0 aliphatic heterocycles. The molecule has 26 heavy (non-hydrogen) atoms. The second-order valence-electron chi connectivity index (χ2n) is 7.41. The molecule has 0 aliphatic carbocycles. The number of amides is 1. The van der Waals surface area contributed by atoms with Gasteiger partial charge in [-0.3, -0.25) is 4.79 Å². The smallest absolute Gasteiger partial charge is 0.221 e. The highest BCUT2D eigenvalue weighted by atomic mass is 32.2. The van der Waals surface area contributed by atoms with E-state index >= 15 is 0 Å². The number of hydrogen-bond acceptors (Lipinski definition) is 3. The highest BCUT2D eigenvalue weighted by molar-refractivity contribution is 7.99. The quantitative estimate of drug-likeness (QED) is 0.240. The summed E-state index contributed by atoms with van der Waals surface area (Å²) in [7, 11) is 1.87. The van der Waals surface area contributed by atoms with E-state index in [9.17, 15) is 4.79 Å². The molecule has 0 saturated heterocycles. The highest BCUT2D eigenvalue weighted by Crippen LogP contribution is 2.13. The molecule has 0 spiro atoms. The standard InChI is InChI=1S/C22H46N2OS/c1-3-4-5-6-7-8-9-10-11-12-13-14-15-16-20-26-21-19-24-22(25)17-18-23-2/h23H,3-21H2,1-2H3,(H,24,25). The average Bonchev–Trinajstić information content (AvgIpc) is 2.65. The van der Waals surface area contributed by atoms with Crippen LogP contribution < -0.4 is 10.6 Å². The Morgan fingerprint density at radius 2 is 1.19 bits per heavy atom. The van der Waals surface area contributed by atoms with Gasteiger partial charge < -0.3 is 10.6 Å². The van der Waals surface area contributed by atoms with Gasteiger partial charge in [-0.05, 0) is 19.2 Å². The van der Waals surface area contributed by atoms with E-state index in [-0.39, 0.29) is 5.91 Å². The minimum absolute atomic E-state index is 0.163. The molecule has 0 atom stereocenters. The lowest BCUT2D eigenvalue weighted by molar-refractivity contribution is -0.120. The van der Waals surface area contributed by atoms with Crippen LogP contribution in [0.1, 0.15) is 103 Å². The van der Waals surface area contributed by atoms with Crippen LogP contribution in [0.25, 0.3) is 0 Å². The van der Waals surface area contributed by atoms with Gasteiger partial charge in [-0.2, -0.15) is 11.8 Å². The van der Waals surface area contributed by atoms with E-state index in [1.54, 1.807) is 0 Å². The van der Waals surface area contributed by atoms with Gasteiger partial charge in [0.1, 0.15) is 0 Å². The lowest BCUT2D eigenvalue weighted by Crippen LogP contribution is -2.28. The van der Waals surface area contributed by atoms with Gasteiger partial charge in [0.05, 0.1) is 0 Å². The van der Waals surface area contributed by atoms with Crippen LogP contribution >= 0.6 is 11.8 Å². The third kappa shape index (κ3) is 21.8. The largest absolute Gasteiger partial charge is 0.355 e. The summed E-state index contributed by atoms with van der Waals surface area (Å²) in [4.78, 5) is 11.4. The van der Waals surface area contributed by atoms with Crippen molar-refractivity contribution in [1.29, 1.82) is 0 Å². The monoisotopic (exact) mass is 386 g/mol. The van der Waals surface area contributed by atoms with Crippen molar-refractivity contribution in [3.05, 3.63) is 0 Å². The van der Waals surface area contributed by atoms with Crippen LogP contribution in [0.3, 0.4) is 0 Å². The zero-order chi connectivity index (χ0) is 19.1. The zero-order valence-corrected chi connectivity index (χ0v) is 18.6. The molecule has 0 aliphatic rings. The maximum absolute atomic E-state index is 11.4. The second kappa shape index (κ2) is 22.8. The van der Waals surface area contributed by atoms with Gasteiger partial charge in [0, 0.05) is 25.3 Å². The molecule has 0 bridgehead atoms. The molecule has 0 aromatic carbocycles. The number of carbonyl (C=O) groups is 1. The fourth-order valence-electron chi connectivity index (χ4n) is 3.09. The van der Waals surface area contributed by atoms with Crippen LogP contribution in [0, 0.1) is 0 Å². The summed E-state index contributed by atoms with van der Waals surface area (Å²) in [5, 5.41) is 5.96. The first-order valence-electron chi connectivity index (χ1n) is 11.3. The summed E-state index contributed by atoms with van der Waals surface area (Å²) in [6, 6.07) is 0. The molecule has 0 aromatic rings. The van der Waals surface area contributed by atoms with Crippen LogP contribution in [0.15, 0.2) is 0 Å². The third-order valence-electron chi connectivity index (χ3n) is 4.81. The summed E-state index contributed by atoms with van der Waals surface area (Å²) in [5.41, 5.74) is 0. The molecule has 156 valence electrons. The molecule has 4 heteroatoms. The average molecular weight is 387 g/mol. The van der Waals surface area contributed by atoms with E-state index in [0.717, 1.165) is 18.8 Å². The maximum Gasteiger partial charge on any atom is 0.221 e. The zero-order valence-electron chi connectivity index (χ0n) is 17.8. The number of carbonyl (C=O) groups excluding carboxylic acids is 1. The van der Waals surface area contributed by atoms with E-state index in [1.807, 2.05) is 18.8 Å². The van der Waals surface area contributed by atoms with Crippen LogP contribution in [0.2, 0.25) is 0 Å². The summed E-state index contributed by atoms with van der Waals surface area (Å²) in [5.74, 6) is 2.45. The van der Waals surface area contributed by atoms with Crippen molar-refractivity contribution in [1.82, 2.24) is 10.6 Å². The molecule has 0 heterocycles. The lowest BCUT2D eigenvalue weighted by Gasteiger charge is -2.05. The van der Waals surface area contributed by atoms with E-state index < -0.39 is 0 Å². The number of thioether (sulfide) groups is 1. The maximum atomic E-state index is 11.4. The molecule has 2 N–H and O–H groups in total. The van der Waals surface area contributed by atoms with Crippen molar-refractivity contribution in [2.75, 3.05) is 31.6 Å². The first kappa shape index (κ1) is 25.8. The van der Waals surface area contributed by atoms with Gasteiger partial charge in [-0.15, -0.1) is 0 Å². The van der Waals surface area contributed by atoms with Crippen molar-refractivity contribution in [2.45, 2.75) is 103 Å². The van der Waals surface area contributed by atoms with Gasteiger partial charge in [0.25, 0.3) is 0 Å². The minimum Gasteiger partial charge on any atom is -0.355 e. The van der Waals surface area contributed by atoms with Crippen LogP contribution in [0.5, 0.6) is 0 Å². The van der Waals surface area contributed by atoms with Gasteiger partial charge in [-0.1, -0.05) is 90.4 Å². The van der Waals surface area contributed by atoms with Crippen molar-refractivity contribution in [2.24, 2.45) is 0 Å². The Morgan fingerprint density at radius 3 is 1.69 bits per heavy atom. The van der Waals surface area contributed by atoms with Crippen molar-refractivity contribution in [3.8, 4) is 0 Å². The molecule has 0 rings (SSSR count).